The Morgan fingerprint density at radius 3 is 2.42 bits per heavy atom. The molecule has 0 bridgehead atoms. The Hall–Kier alpha value is -1.60. The molecule has 146 valence electrons. The third-order valence-electron chi connectivity index (χ3n) is 4.36. The van der Waals surface area contributed by atoms with Gasteiger partial charge in [0.2, 0.25) is 0 Å². The molecule has 1 aromatic rings. The molecule has 9 heteroatoms. The predicted octanol–water partition coefficient (Wildman–Crippen LogP) is 1.99. The molecule has 0 saturated heterocycles. The second-order valence-corrected chi connectivity index (χ2v) is 9.96. The number of hydrogen-bond acceptors (Lipinski definition) is 5. The van der Waals surface area contributed by atoms with Crippen molar-refractivity contribution in [2.45, 2.75) is 46.0 Å². The zero-order valence-corrected chi connectivity index (χ0v) is 16.8. The molecule has 1 aromatic carbocycles. The molecule has 2 rings (SSSR count). The van der Waals surface area contributed by atoms with E-state index in [1.54, 1.807) is 6.07 Å². The van der Waals surface area contributed by atoms with Gasteiger partial charge in [-0.1, -0.05) is 26.2 Å². The molecule has 0 aromatic heterocycles. The van der Waals surface area contributed by atoms with Crippen LogP contribution in [0.2, 0.25) is 0 Å². The maximum Gasteiger partial charge on any atom is 0.303 e. The molecule has 0 aliphatic heterocycles. The molecule has 4 N–H and O–H groups in total. The molecule has 26 heavy (non-hydrogen) atoms. The molecule has 0 spiro atoms. The van der Waals surface area contributed by atoms with E-state index >= 15 is 0 Å². The van der Waals surface area contributed by atoms with Crippen LogP contribution in [0, 0.1) is 11.8 Å². The van der Waals surface area contributed by atoms with Gasteiger partial charge in [0.1, 0.15) is 0 Å². The fraction of sp³-hybridized carbons (Fsp3) is 0.529. The average Bonchev–Trinajstić information content (AvgIpc) is 2.57. The SMILES string of the molecule is CC(=O)Nc1ccccc1[As](=O)(O)OO.CC1CCCCC1CC(=O)O. The zero-order chi connectivity index (χ0) is 19.7. The number of amides is 1. The molecule has 0 radical (unpaired) electrons. The van der Waals surface area contributed by atoms with Gasteiger partial charge in [0.15, 0.2) is 0 Å². The number of carbonyl (C=O) groups excluding carboxylic acids is 1. The van der Waals surface area contributed by atoms with Crippen molar-refractivity contribution in [1.82, 2.24) is 0 Å². The van der Waals surface area contributed by atoms with E-state index in [4.69, 9.17) is 10.4 Å². The molecule has 1 amide bonds. The van der Waals surface area contributed by atoms with E-state index in [1.165, 1.54) is 44.4 Å². The molecule has 1 saturated carbocycles. The first-order valence-corrected chi connectivity index (χ1v) is 11.7. The molecule has 3 atom stereocenters. The topological polar surface area (TPSA) is 133 Å². The van der Waals surface area contributed by atoms with Crippen molar-refractivity contribution >= 4 is 36.1 Å². The summed E-state index contributed by atoms with van der Waals surface area (Å²) < 4.78 is 24.1. The molecule has 3 unspecified atom stereocenters. The van der Waals surface area contributed by atoms with Gasteiger partial charge in [-0.05, 0) is 18.3 Å². The van der Waals surface area contributed by atoms with Crippen LogP contribution in [0.1, 0.15) is 46.0 Å². The summed E-state index contributed by atoms with van der Waals surface area (Å²) in [6.45, 7) is 3.44. The van der Waals surface area contributed by atoms with Crippen molar-refractivity contribution in [2.75, 3.05) is 5.32 Å². The van der Waals surface area contributed by atoms with Gasteiger partial charge in [-0.3, -0.25) is 4.79 Å². The number of benzene rings is 1. The van der Waals surface area contributed by atoms with Crippen LogP contribution in [-0.4, -0.2) is 40.5 Å². The van der Waals surface area contributed by atoms with E-state index in [0.717, 1.165) is 6.42 Å². The van der Waals surface area contributed by atoms with E-state index < -0.39 is 20.1 Å². The molecule has 1 aliphatic carbocycles. The number of nitrogens with one attached hydrogen (secondary N) is 1. The van der Waals surface area contributed by atoms with E-state index in [9.17, 15) is 17.4 Å². The fourth-order valence-corrected chi connectivity index (χ4v) is 4.65. The molecule has 1 aliphatic rings. The van der Waals surface area contributed by atoms with Gasteiger partial charge >= 0.3 is 94.4 Å². The van der Waals surface area contributed by atoms with Crippen LogP contribution in [0.15, 0.2) is 24.3 Å². The summed E-state index contributed by atoms with van der Waals surface area (Å²) in [7, 11) is 0. The Balaban J connectivity index is 0.000000273. The number of rotatable bonds is 5. The van der Waals surface area contributed by atoms with Crippen LogP contribution < -0.4 is 9.67 Å². The van der Waals surface area contributed by atoms with Crippen LogP contribution >= 0.6 is 0 Å². The fourth-order valence-electron chi connectivity index (χ4n) is 2.98. The zero-order valence-electron chi connectivity index (χ0n) is 14.9. The quantitative estimate of drug-likeness (QED) is 0.318. The summed E-state index contributed by atoms with van der Waals surface area (Å²) in [5.74, 6) is 0.0562. The summed E-state index contributed by atoms with van der Waals surface area (Å²) in [6, 6.07) is 5.84. The van der Waals surface area contributed by atoms with E-state index in [1.807, 2.05) is 0 Å². The van der Waals surface area contributed by atoms with Crippen LogP contribution in [-0.2, 0) is 17.2 Å². The third kappa shape index (κ3) is 7.33. The number of aliphatic carboxylic acids is 1. The van der Waals surface area contributed by atoms with Gasteiger partial charge < -0.3 is 5.11 Å². The Morgan fingerprint density at radius 1 is 1.27 bits per heavy atom. The predicted molar refractivity (Wildman–Crippen MR) is 96.1 cm³/mol. The van der Waals surface area contributed by atoms with Crippen LogP contribution in [0.3, 0.4) is 0 Å². The minimum absolute atomic E-state index is 0.103. The third-order valence-corrected chi connectivity index (χ3v) is 6.92. The Morgan fingerprint density at radius 2 is 1.88 bits per heavy atom. The summed E-state index contributed by atoms with van der Waals surface area (Å²) >= 11 is -4.92. The Labute approximate surface area is 155 Å². The van der Waals surface area contributed by atoms with Gasteiger partial charge in [-0.25, -0.2) is 0 Å². The summed E-state index contributed by atoms with van der Waals surface area (Å²) in [5, 5.41) is 19.3. The molecule has 8 nitrogen and oxygen atoms in total. The van der Waals surface area contributed by atoms with Crippen LogP contribution in [0.5, 0.6) is 0 Å². The van der Waals surface area contributed by atoms with E-state index in [2.05, 4.69) is 16.1 Å². The number of anilines is 1. The van der Waals surface area contributed by atoms with Crippen molar-refractivity contribution in [3.8, 4) is 0 Å². The summed E-state index contributed by atoms with van der Waals surface area (Å²) in [5.41, 5.74) is 0.157. The molecule has 0 heterocycles. The van der Waals surface area contributed by atoms with E-state index in [-0.39, 0.29) is 15.9 Å². The average molecular weight is 431 g/mol. The maximum absolute atomic E-state index is 11.4. The van der Waals surface area contributed by atoms with Crippen molar-refractivity contribution in [3.05, 3.63) is 24.3 Å². The summed E-state index contributed by atoms with van der Waals surface area (Å²) in [4.78, 5) is 21.2. The van der Waals surface area contributed by atoms with Gasteiger partial charge in [0, 0.05) is 6.42 Å². The monoisotopic (exact) mass is 431 g/mol. The van der Waals surface area contributed by atoms with E-state index in [0.29, 0.717) is 18.3 Å². The number of para-hydroxylation sites is 1. The van der Waals surface area contributed by atoms with Crippen molar-refractivity contribution < 1.29 is 31.7 Å². The minimum Gasteiger partial charge on any atom is -0.481 e. The largest absolute Gasteiger partial charge is 0.481 e. The second kappa shape index (κ2) is 10.5. The minimum atomic E-state index is -4.92. The second-order valence-electron chi connectivity index (χ2n) is 6.42. The van der Waals surface area contributed by atoms with Crippen LogP contribution in [0.25, 0.3) is 0 Å². The van der Waals surface area contributed by atoms with Gasteiger partial charge in [0.05, 0.1) is 0 Å². The molecular formula is C17H26AsNO7. The van der Waals surface area contributed by atoms with Gasteiger partial charge in [-0.2, -0.15) is 0 Å². The Kier molecular flexibility index (Phi) is 9.08. The molecular weight excluding hydrogens is 405 g/mol. The van der Waals surface area contributed by atoms with Gasteiger partial charge in [-0.15, -0.1) is 0 Å². The maximum atomic E-state index is 11.4. The molecule has 1 fully saturated rings. The first kappa shape index (κ1) is 22.4. The van der Waals surface area contributed by atoms with Gasteiger partial charge in [0.25, 0.3) is 0 Å². The Bertz CT molecular complexity index is 664. The summed E-state index contributed by atoms with van der Waals surface area (Å²) in [6.07, 6.45) is 5.23. The number of carbonyl (C=O) groups is 2. The first-order chi connectivity index (χ1) is 12.2. The number of carboxylic acid groups (broad SMARTS) is 1. The van der Waals surface area contributed by atoms with Crippen molar-refractivity contribution in [3.63, 3.8) is 0 Å². The normalized spacial score (nSPS) is 21.7. The first-order valence-electron chi connectivity index (χ1n) is 8.42. The number of carboxylic acids is 1. The smallest absolute Gasteiger partial charge is 0.303 e. The van der Waals surface area contributed by atoms with Crippen molar-refractivity contribution in [1.29, 1.82) is 0 Å². The number of hydrogen-bond donors (Lipinski definition) is 4. The standard InChI is InChI=1S/C9H16O2.C8H10AsNO5/c1-7-4-2-3-5-8(7)6-9(10)11;1-6(11)10-8-5-3-2-4-7(8)9(12,13)15-14/h7-8H,2-6H2,1H3,(H,10,11);2-5,14H,1H3,(H,10,11)(H,12,13). The van der Waals surface area contributed by atoms with Crippen molar-refractivity contribution in [2.24, 2.45) is 11.8 Å². The van der Waals surface area contributed by atoms with Crippen LogP contribution in [0.4, 0.5) is 5.69 Å².